The molecule has 1 fully saturated rings. The zero-order chi connectivity index (χ0) is 36.8. The first-order chi connectivity index (χ1) is 25.7. The predicted molar refractivity (Wildman–Crippen MR) is 198 cm³/mol. The molecule has 7 aromatic rings. The van der Waals surface area contributed by atoms with Gasteiger partial charge in [-0.1, -0.05) is 48.9 Å². The summed E-state index contributed by atoms with van der Waals surface area (Å²) < 4.78 is 14.5. The van der Waals surface area contributed by atoms with E-state index in [0.717, 1.165) is 34.3 Å². The second-order valence-electron chi connectivity index (χ2n) is 13.0. The Bertz CT molecular complexity index is 2480. The average molecular weight is 730 g/mol. The van der Waals surface area contributed by atoms with E-state index in [1.807, 2.05) is 69.3 Å². The summed E-state index contributed by atoms with van der Waals surface area (Å²) in [6, 6.07) is 17.7. The van der Waals surface area contributed by atoms with Crippen LogP contribution in [-0.4, -0.2) is 77.0 Å². The van der Waals surface area contributed by atoms with Gasteiger partial charge in [0, 0.05) is 41.0 Å². The van der Waals surface area contributed by atoms with E-state index < -0.39 is 12.0 Å². The van der Waals surface area contributed by atoms with Crippen LogP contribution in [-0.2, 0) is 16.0 Å². The third-order valence-electron chi connectivity index (χ3n) is 9.37. The molecule has 15 heteroatoms. The van der Waals surface area contributed by atoms with Crippen LogP contribution in [0.5, 0.6) is 0 Å². The number of aromatic nitrogens is 7. The minimum absolute atomic E-state index is 0.229. The molecule has 53 heavy (non-hydrogen) atoms. The van der Waals surface area contributed by atoms with Crippen molar-refractivity contribution >= 4 is 51.4 Å². The SMILES string of the molecule is CCCc1nc(-c2cc3ccccc3o2)sc1C(=O)N1C[C@H](n2cc(-c3ccc(NC(=O)c4cnn5c(C)cc(C)nc45)cc3)nn2)C[C@@H]1C(=O)OC. The number of ether oxygens (including phenoxy) is 1. The molecule has 0 unspecified atom stereocenters. The highest BCUT2D eigenvalue weighted by atomic mass is 32.1. The molecule has 14 nitrogen and oxygen atoms in total. The number of nitrogens with one attached hydrogen (secondary N) is 1. The number of benzene rings is 2. The smallest absolute Gasteiger partial charge is 0.328 e. The van der Waals surface area contributed by atoms with Crippen LogP contribution in [0, 0.1) is 13.8 Å². The van der Waals surface area contributed by atoms with E-state index in [-0.39, 0.29) is 24.4 Å². The third kappa shape index (κ3) is 6.33. The second-order valence-corrected chi connectivity index (χ2v) is 14.0. The summed E-state index contributed by atoms with van der Waals surface area (Å²) in [4.78, 5) is 51.8. The predicted octanol–water partition coefficient (Wildman–Crippen LogP) is 6.31. The summed E-state index contributed by atoms with van der Waals surface area (Å²) >= 11 is 1.27. The maximum Gasteiger partial charge on any atom is 0.328 e. The molecule has 0 spiro atoms. The topological polar surface area (TPSA) is 163 Å². The summed E-state index contributed by atoms with van der Waals surface area (Å²) in [7, 11) is 1.32. The Balaban J connectivity index is 0.997. The van der Waals surface area contributed by atoms with Gasteiger partial charge in [-0.2, -0.15) is 5.10 Å². The molecule has 0 radical (unpaired) electrons. The number of methoxy groups -OCH3 is 1. The largest absolute Gasteiger partial charge is 0.467 e. The molecule has 0 aliphatic carbocycles. The number of furan rings is 1. The standard InChI is InChI=1S/C38H35N9O5S/c1-5-8-28-33(53-36(42-28)32-16-24-9-6-7-10-31(24)52-32)37(49)45-19-26(17-30(45)38(50)51-4)46-20-29(43-44-46)23-11-13-25(14-12-23)41-35(48)27-18-39-47-22(3)15-21(2)40-34(27)47/h6-7,9-16,18,20,26,30H,5,8,17,19H2,1-4H3,(H,41,48)/t26-,30-/m1/s1. The van der Waals surface area contributed by atoms with E-state index in [0.29, 0.717) is 56.8 Å². The van der Waals surface area contributed by atoms with Crippen molar-refractivity contribution in [3.05, 3.63) is 101 Å². The normalized spacial score (nSPS) is 15.7. The molecule has 2 aromatic carbocycles. The Hall–Kier alpha value is -6.22. The molecule has 2 amide bonds. The highest BCUT2D eigenvalue weighted by molar-refractivity contribution is 7.17. The van der Waals surface area contributed by atoms with Gasteiger partial charge in [-0.3, -0.25) is 9.59 Å². The van der Waals surface area contributed by atoms with Crippen LogP contribution in [0.25, 0.3) is 38.6 Å². The van der Waals surface area contributed by atoms with E-state index in [9.17, 15) is 14.4 Å². The van der Waals surface area contributed by atoms with Crippen LogP contribution < -0.4 is 5.32 Å². The number of amides is 2. The molecular formula is C38H35N9O5S. The number of esters is 1. The van der Waals surface area contributed by atoms with Crippen molar-refractivity contribution in [2.75, 3.05) is 19.0 Å². The monoisotopic (exact) mass is 729 g/mol. The number of aryl methyl sites for hydroxylation is 3. The number of rotatable bonds is 9. The number of likely N-dealkylation sites (tertiary alicyclic amines) is 1. The summed E-state index contributed by atoms with van der Waals surface area (Å²) in [5, 5.41) is 17.6. The van der Waals surface area contributed by atoms with Gasteiger partial charge in [-0.25, -0.2) is 24.0 Å². The first kappa shape index (κ1) is 33.9. The Morgan fingerprint density at radius 3 is 2.64 bits per heavy atom. The molecule has 1 aliphatic heterocycles. The number of hydrogen-bond acceptors (Lipinski definition) is 11. The quantitative estimate of drug-likeness (QED) is 0.167. The molecular weight excluding hydrogens is 695 g/mol. The van der Waals surface area contributed by atoms with E-state index >= 15 is 0 Å². The lowest BCUT2D eigenvalue weighted by molar-refractivity contribution is -0.145. The molecule has 2 atom stereocenters. The minimum Gasteiger partial charge on any atom is -0.467 e. The van der Waals surface area contributed by atoms with Gasteiger partial charge >= 0.3 is 5.97 Å². The van der Waals surface area contributed by atoms with Crippen LogP contribution in [0.1, 0.15) is 62.9 Å². The summed E-state index contributed by atoms with van der Waals surface area (Å²) in [6.45, 7) is 6.05. The first-order valence-corrected chi connectivity index (χ1v) is 18.1. The number of nitrogens with zero attached hydrogens (tertiary/aromatic N) is 8. The highest BCUT2D eigenvalue weighted by Gasteiger charge is 2.43. The van der Waals surface area contributed by atoms with E-state index in [1.54, 1.807) is 32.4 Å². The molecule has 8 rings (SSSR count). The number of para-hydroxylation sites is 1. The van der Waals surface area contributed by atoms with Crippen LogP contribution in [0.4, 0.5) is 5.69 Å². The Morgan fingerprint density at radius 2 is 1.87 bits per heavy atom. The van der Waals surface area contributed by atoms with Crippen molar-refractivity contribution in [1.29, 1.82) is 0 Å². The van der Waals surface area contributed by atoms with Gasteiger partial charge in [0.05, 0.1) is 31.2 Å². The maximum atomic E-state index is 14.2. The van der Waals surface area contributed by atoms with Gasteiger partial charge in [0.25, 0.3) is 11.8 Å². The summed E-state index contributed by atoms with van der Waals surface area (Å²) in [5.41, 5.74) is 5.95. The fourth-order valence-corrected chi connectivity index (χ4v) is 7.80. The van der Waals surface area contributed by atoms with Crippen molar-refractivity contribution in [1.82, 2.24) is 39.5 Å². The third-order valence-corrected chi connectivity index (χ3v) is 10.5. The van der Waals surface area contributed by atoms with Gasteiger partial charge in [0.1, 0.15) is 27.8 Å². The van der Waals surface area contributed by atoms with Crippen LogP contribution in [0.15, 0.2) is 77.5 Å². The molecule has 0 saturated carbocycles. The lowest BCUT2D eigenvalue weighted by atomic mass is 10.1. The average Bonchev–Trinajstić information content (AvgIpc) is 3.99. The maximum absolute atomic E-state index is 14.2. The Morgan fingerprint density at radius 1 is 1.06 bits per heavy atom. The van der Waals surface area contributed by atoms with Crippen molar-refractivity contribution in [2.45, 2.75) is 52.1 Å². The lowest BCUT2D eigenvalue weighted by Gasteiger charge is -2.22. The first-order valence-electron chi connectivity index (χ1n) is 17.2. The zero-order valence-corrected chi connectivity index (χ0v) is 30.3. The Kier molecular flexibility index (Phi) is 8.78. The molecule has 1 N–H and O–H groups in total. The minimum atomic E-state index is -0.810. The van der Waals surface area contributed by atoms with Gasteiger partial charge in [-0.15, -0.1) is 16.4 Å². The van der Waals surface area contributed by atoms with Gasteiger partial charge in [-0.05, 0) is 50.6 Å². The van der Waals surface area contributed by atoms with Crippen LogP contribution >= 0.6 is 11.3 Å². The van der Waals surface area contributed by atoms with E-state index in [1.165, 1.54) is 24.6 Å². The van der Waals surface area contributed by atoms with Crippen molar-refractivity contribution in [3.63, 3.8) is 0 Å². The molecule has 1 aliphatic rings. The number of hydrogen-bond donors (Lipinski definition) is 1. The van der Waals surface area contributed by atoms with Gasteiger partial charge < -0.3 is 19.4 Å². The number of fused-ring (bicyclic) bond motifs is 2. The zero-order valence-electron chi connectivity index (χ0n) is 29.4. The van der Waals surface area contributed by atoms with Crippen molar-refractivity contribution in [3.8, 4) is 22.0 Å². The fourth-order valence-electron chi connectivity index (χ4n) is 6.78. The van der Waals surface area contributed by atoms with Crippen LogP contribution in [0.3, 0.4) is 0 Å². The van der Waals surface area contributed by atoms with Gasteiger partial charge in [0.15, 0.2) is 16.4 Å². The molecule has 268 valence electrons. The second kappa shape index (κ2) is 13.7. The molecule has 0 bridgehead atoms. The number of anilines is 1. The summed E-state index contributed by atoms with van der Waals surface area (Å²) in [6.07, 6.45) is 5.01. The Labute approximate surface area is 307 Å². The number of thiazole rings is 1. The van der Waals surface area contributed by atoms with E-state index in [4.69, 9.17) is 14.1 Å². The summed E-state index contributed by atoms with van der Waals surface area (Å²) in [5.74, 6) is -0.503. The highest BCUT2D eigenvalue weighted by Crippen LogP contribution is 2.36. The van der Waals surface area contributed by atoms with E-state index in [2.05, 4.69) is 25.7 Å². The number of carbonyl (C=O) groups is 3. The molecule has 6 heterocycles. The van der Waals surface area contributed by atoms with Crippen molar-refractivity contribution < 1.29 is 23.5 Å². The van der Waals surface area contributed by atoms with Crippen molar-refractivity contribution in [2.24, 2.45) is 0 Å². The molecule has 1 saturated heterocycles. The molecule has 5 aromatic heterocycles. The fraction of sp³-hybridized carbons (Fsp3) is 0.263. The van der Waals surface area contributed by atoms with Gasteiger partial charge in [0.2, 0.25) is 0 Å². The van der Waals surface area contributed by atoms with Crippen LogP contribution in [0.2, 0.25) is 0 Å². The number of carbonyl (C=O) groups excluding carboxylic acids is 3. The lowest BCUT2D eigenvalue weighted by Crippen LogP contribution is -2.41.